The zero-order chi connectivity index (χ0) is 7.56. The number of primary amides is 1. The summed E-state index contributed by atoms with van der Waals surface area (Å²) in [6, 6.07) is 0. The van der Waals surface area contributed by atoms with E-state index in [4.69, 9.17) is 5.73 Å². The van der Waals surface area contributed by atoms with E-state index < -0.39 is 5.91 Å². The van der Waals surface area contributed by atoms with Gasteiger partial charge in [-0.3, -0.25) is 4.79 Å². The van der Waals surface area contributed by atoms with E-state index in [2.05, 4.69) is 15.1 Å². The zero-order valence-electron chi connectivity index (χ0n) is 5.31. The minimum atomic E-state index is -0.622. The molecule has 0 aliphatic heterocycles. The lowest BCUT2D eigenvalue weighted by Gasteiger charge is -1.90. The first-order valence-corrected chi connectivity index (χ1v) is 2.50. The molecule has 0 atom stereocenters. The van der Waals surface area contributed by atoms with E-state index in [-0.39, 0.29) is 5.69 Å². The van der Waals surface area contributed by atoms with Gasteiger partial charge >= 0.3 is 0 Å². The molecule has 6 nitrogen and oxygen atoms in total. The predicted molar refractivity (Wildman–Crippen MR) is 31.0 cm³/mol. The SMILES string of the molecule is COn1cc(C(N)=O)nn1. The van der Waals surface area contributed by atoms with Gasteiger partial charge in [-0.05, 0) is 5.21 Å². The van der Waals surface area contributed by atoms with Gasteiger partial charge in [0.25, 0.3) is 5.91 Å². The molecule has 0 aromatic carbocycles. The summed E-state index contributed by atoms with van der Waals surface area (Å²) in [5.74, 6) is -0.622. The average Bonchev–Trinajstić information content (AvgIpc) is 2.34. The maximum Gasteiger partial charge on any atom is 0.271 e. The highest BCUT2D eigenvalue weighted by Crippen LogP contribution is 1.86. The van der Waals surface area contributed by atoms with E-state index in [0.717, 1.165) is 4.85 Å². The molecule has 54 valence electrons. The number of nitrogens with two attached hydrogens (primary N) is 1. The van der Waals surface area contributed by atoms with E-state index in [1.807, 2.05) is 0 Å². The van der Waals surface area contributed by atoms with Crippen LogP contribution in [0.2, 0.25) is 0 Å². The maximum absolute atomic E-state index is 10.4. The van der Waals surface area contributed by atoms with Crippen LogP contribution in [-0.4, -0.2) is 28.2 Å². The molecular weight excluding hydrogens is 136 g/mol. The van der Waals surface area contributed by atoms with Crippen molar-refractivity contribution in [1.29, 1.82) is 0 Å². The molecule has 6 heteroatoms. The van der Waals surface area contributed by atoms with Crippen molar-refractivity contribution in [1.82, 2.24) is 15.2 Å². The Balaban J connectivity index is 2.88. The zero-order valence-corrected chi connectivity index (χ0v) is 5.31. The minimum absolute atomic E-state index is 0.0850. The molecule has 1 rings (SSSR count). The fourth-order valence-corrected chi connectivity index (χ4v) is 0.451. The van der Waals surface area contributed by atoms with E-state index >= 15 is 0 Å². The fourth-order valence-electron chi connectivity index (χ4n) is 0.451. The third-order valence-corrected chi connectivity index (χ3v) is 0.913. The second kappa shape index (κ2) is 2.34. The van der Waals surface area contributed by atoms with Gasteiger partial charge in [0, 0.05) is 0 Å². The molecule has 1 heterocycles. The Morgan fingerprint density at radius 3 is 2.90 bits per heavy atom. The summed E-state index contributed by atoms with van der Waals surface area (Å²) in [6.07, 6.45) is 1.29. The molecule has 2 N–H and O–H groups in total. The quantitative estimate of drug-likeness (QED) is 0.541. The maximum atomic E-state index is 10.4. The van der Waals surface area contributed by atoms with Gasteiger partial charge < -0.3 is 10.6 Å². The Bertz CT molecular complexity index is 243. The lowest BCUT2D eigenvalue weighted by molar-refractivity contribution is 0.0994. The number of rotatable bonds is 2. The number of nitrogens with zero attached hydrogens (tertiary/aromatic N) is 3. The normalized spacial score (nSPS) is 9.30. The predicted octanol–water partition coefficient (Wildman–Crippen LogP) is -1.56. The van der Waals surface area contributed by atoms with Gasteiger partial charge in [-0.25, -0.2) is 0 Å². The number of amides is 1. The van der Waals surface area contributed by atoms with Gasteiger partial charge in [0.1, 0.15) is 13.3 Å². The molecule has 0 aliphatic rings. The smallest absolute Gasteiger partial charge is 0.271 e. The minimum Gasteiger partial charge on any atom is -0.399 e. The van der Waals surface area contributed by atoms with Crippen molar-refractivity contribution in [2.24, 2.45) is 5.73 Å². The summed E-state index contributed by atoms with van der Waals surface area (Å²) >= 11 is 0. The molecule has 0 saturated heterocycles. The summed E-state index contributed by atoms with van der Waals surface area (Å²) in [4.78, 5) is 16.0. The second-order valence-electron chi connectivity index (χ2n) is 1.55. The van der Waals surface area contributed by atoms with Gasteiger partial charge in [0.2, 0.25) is 0 Å². The second-order valence-corrected chi connectivity index (χ2v) is 1.55. The molecule has 0 bridgehead atoms. The van der Waals surface area contributed by atoms with Crippen LogP contribution in [0.4, 0.5) is 0 Å². The molecule has 0 unspecified atom stereocenters. The van der Waals surface area contributed by atoms with Crippen molar-refractivity contribution in [3.63, 3.8) is 0 Å². The summed E-state index contributed by atoms with van der Waals surface area (Å²) in [5, 5.41) is 6.80. The van der Waals surface area contributed by atoms with Crippen LogP contribution in [0.25, 0.3) is 0 Å². The number of carbonyl (C=O) groups is 1. The molecule has 0 spiro atoms. The first-order chi connectivity index (χ1) is 4.74. The Labute approximate surface area is 56.5 Å². The lowest BCUT2D eigenvalue weighted by atomic mass is 10.5. The van der Waals surface area contributed by atoms with Gasteiger partial charge in [-0.15, -0.1) is 5.10 Å². The molecule has 0 fully saturated rings. The summed E-state index contributed by atoms with van der Waals surface area (Å²) in [7, 11) is 1.40. The Morgan fingerprint density at radius 1 is 1.90 bits per heavy atom. The van der Waals surface area contributed by atoms with Crippen LogP contribution in [0.3, 0.4) is 0 Å². The van der Waals surface area contributed by atoms with Crippen molar-refractivity contribution in [2.75, 3.05) is 7.11 Å². The third-order valence-electron chi connectivity index (χ3n) is 0.913. The lowest BCUT2D eigenvalue weighted by Crippen LogP contribution is -2.11. The van der Waals surface area contributed by atoms with Crippen LogP contribution in [0.15, 0.2) is 6.20 Å². The summed E-state index contributed by atoms with van der Waals surface area (Å²) < 4.78 is 0. The first kappa shape index (κ1) is 6.53. The van der Waals surface area contributed by atoms with Crippen LogP contribution < -0.4 is 10.6 Å². The van der Waals surface area contributed by atoms with E-state index in [1.54, 1.807) is 0 Å². The monoisotopic (exact) mass is 142 g/mol. The van der Waals surface area contributed by atoms with Crippen molar-refractivity contribution in [3.05, 3.63) is 11.9 Å². The first-order valence-electron chi connectivity index (χ1n) is 2.50. The topological polar surface area (TPSA) is 83.0 Å². The van der Waals surface area contributed by atoms with Crippen LogP contribution in [0.1, 0.15) is 10.5 Å². The molecule has 10 heavy (non-hydrogen) atoms. The number of aromatic nitrogens is 3. The van der Waals surface area contributed by atoms with Crippen LogP contribution in [0, 0.1) is 0 Å². The van der Waals surface area contributed by atoms with E-state index in [9.17, 15) is 4.79 Å². The molecule has 0 saturated carbocycles. The number of hydrogen-bond acceptors (Lipinski definition) is 4. The highest BCUT2D eigenvalue weighted by Gasteiger charge is 2.04. The number of carbonyl (C=O) groups excluding carboxylic acids is 1. The van der Waals surface area contributed by atoms with Crippen molar-refractivity contribution < 1.29 is 9.63 Å². The standard InChI is InChI=1S/C4H6N4O2/c1-10-8-2-3(4(5)9)6-7-8/h2H,1H3,(H2,5,9). The Kier molecular flexibility index (Phi) is 1.53. The third kappa shape index (κ3) is 1.04. The van der Waals surface area contributed by atoms with E-state index in [1.165, 1.54) is 13.3 Å². The highest BCUT2D eigenvalue weighted by molar-refractivity contribution is 5.90. The van der Waals surface area contributed by atoms with Crippen LogP contribution in [0.5, 0.6) is 0 Å². The van der Waals surface area contributed by atoms with Crippen molar-refractivity contribution in [2.45, 2.75) is 0 Å². The van der Waals surface area contributed by atoms with E-state index in [0.29, 0.717) is 0 Å². The fraction of sp³-hybridized carbons (Fsp3) is 0.250. The van der Waals surface area contributed by atoms with Gasteiger partial charge in [-0.1, -0.05) is 4.85 Å². The molecule has 1 amide bonds. The summed E-state index contributed by atoms with van der Waals surface area (Å²) in [6.45, 7) is 0. The Morgan fingerprint density at radius 2 is 2.60 bits per heavy atom. The molecular formula is C4H6N4O2. The molecule has 1 aromatic heterocycles. The number of hydrogen-bond donors (Lipinski definition) is 1. The molecule has 0 aliphatic carbocycles. The van der Waals surface area contributed by atoms with Gasteiger partial charge in [-0.2, -0.15) is 0 Å². The molecule has 0 radical (unpaired) electrons. The highest BCUT2D eigenvalue weighted by atomic mass is 16.7. The van der Waals surface area contributed by atoms with Gasteiger partial charge in [0.05, 0.1) is 0 Å². The molecule has 1 aromatic rings. The van der Waals surface area contributed by atoms with Crippen molar-refractivity contribution >= 4 is 5.91 Å². The largest absolute Gasteiger partial charge is 0.399 e. The van der Waals surface area contributed by atoms with Gasteiger partial charge in [0.15, 0.2) is 5.69 Å². The van der Waals surface area contributed by atoms with Crippen molar-refractivity contribution in [3.8, 4) is 0 Å². The average molecular weight is 142 g/mol. The van der Waals surface area contributed by atoms with Crippen LogP contribution >= 0.6 is 0 Å². The summed E-state index contributed by atoms with van der Waals surface area (Å²) in [5.41, 5.74) is 4.96. The van der Waals surface area contributed by atoms with Crippen LogP contribution in [-0.2, 0) is 0 Å². The Hall–Kier alpha value is -1.59.